The monoisotopic (exact) mass is 270 g/mol. The van der Waals surface area contributed by atoms with E-state index in [1.807, 2.05) is 25.5 Å². The number of aryl methyl sites for hydroxylation is 1. The van der Waals surface area contributed by atoms with Crippen LogP contribution in [0.4, 0.5) is 10.1 Å². The molecule has 4 nitrogen and oxygen atoms in total. The van der Waals surface area contributed by atoms with Crippen molar-refractivity contribution in [1.82, 2.24) is 9.78 Å². The summed E-state index contributed by atoms with van der Waals surface area (Å²) < 4.78 is 15.9. The van der Waals surface area contributed by atoms with Gasteiger partial charge in [-0.2, -0.15) is 10.4 Å². The summed E-state index contributed by atoms with van der Waals surface area (Å²) in [6.45, 7) is 0.822. The van der Waals surface area contributed by atoms with Crippen LogP contribution in [0, 0.1) is 17.1 Å². The van der Waals surface area contributed by atoms with Gasteiger partial charge in [0.2, 0.25) is 0 Å². The third kappa shape index (κ3) is 2.14. The van der Waals surface area contributed by atoms with Crippen LogP contribution < -0.4 is 4.90 Å². The van der Waals surface area contributed by atoms with Crippen molar-refractivity contribution in [2.45, 2.75) is 18.9 Å². The Morgan fingerprint density at radius 1 is 1.45 bits per heavy atom. The molecular formula is C15H15FN4. The molecule has 3 rings (SSSR count). The van der Waals surface area contributed by atoms with E-state index in [4.69, 9.17) is 5.26 Å². The molecule has 1 aromatic heterocycles. The molecule has 5 heteroatoms. The summed E-state index contributed by atoms with van der Waals surface area (Å²) in [6.07, 6.45) is 5.83. The van der Waals surface area contributed by atoms with E-state index in [2.05, 4.69) is 10.00 Å². The van der Waals surface area contributed by atoms with Gasteiger partial charge in [0, 0.05) is 25.4 Å². The summed E-state index contributed by atoms with van der Waals surface area (Å²) in [4.78, 5) is 2.06. The number of nitriles is 1. The second kappa shape index (κ2) is 4.97. The molecule has 1 atom stereocenters. The molecule has 0 spiro atoms. The third-order valence-electron chi connectivity index (χ3n) is 3.75. The molecule has 0 N–H and O–H groups in total. The average molecular weight is 270 g/mol. The summed E-state index contributed by atoms with van der Waals surface area (Å²) >= 11 is 0. The van der Waals surface area contributed by atoms with Crippen molar-refractivity contribution >= 4 is 5.69 Å². The summed E-state index contributed by atoms with van der Waals surface area (Å²) in [5.74, 6) is -0.333. The van der Waals surface area contributed by atoms with Gasteiger partial charge in [-0.3, -0.25) is 4.68 Å². The topological polar surface area (TPSA) is 44.9 Å². The highest BCUT2D eigenvalue weighted by molar-refractivity contribution is 5.53. The molecule has 20 heavy (non-hydrogen) atoms. The first-order valence-electron chi connectivity index (χ1n) is 6.64. The predicted molar refractivity (Wildman–Crippen MR) is 73.6 cm³/mol. The van der Waals surface area contributed by atoms with Gasteiger partial charge in [-0.25, -0.2) is 4.39 Å². The molecule has 0 bridgehead atoms. The quantitative estimate of drug-likeness (QED) is 0.843. The zero-order valence-corrected chi connectivity index (χ0v) is 11.3. The second-order valence-electron chi connectivity index (χ2n) is 5.08. The molecule has 1 fully saturated rings. The van der Waals surface area contributed by atoms with Gasteiger partial charge in [0.15, 0.2) is 0 Å². The van der Waals surface area contributed by atoms with Gasteiger partial charge in [0.1, 0.15) is 5.82 Å². The molecule has 2 heterocycles. The lowest BCUT2D eigenvalue weighted by molar-refractivity contribution is 0.611. The van der Waals surface area contributed by atoms with Crippen LogP contribution in [0.25, 0.3) is 0 Å². The summed E-state index contributed by atoms with van der Waals surface area (Å²) in [5, 5.41) is 13.0. The molecule has 1 saturated heterocycles. The van der Waals surface area contributed by atoms with E-state index in [1.54, 1.807) is 16.8 Å². The molecule has 0 saturated carbocycles. The molecule has 1 aromatic carbocycles. The van der Waals surface area contributed by atoms with Gasteiger partial charge in [-0.1, -0.05) is 0 Å². The summed E-state index contributed by atoms with van der Waals surface area (Å²) in [6, 6.07) is 6.78. The first-order chi connectivity index (χ1) is 9.69. The van der Waals surface area contributed by atoms with Crippen LogP contribution in [0.1, 0.15) is 30.0 Å². The fourth-order valence-electron chi connectivity index (χ4n) is 2.82. The molecule has 1 aliphatic heterocycles. The maximum atomic E-state index is 14.2. The minimum atomic E-state index is -0.333. The Balaban J connectivity index is 1.95. The first-order valence-corrected chi connectivity index (χ1v) is 6.64. The first kappa shape index (κ1) is 12.7. The molecule has 102 valence electrons. The molecule has 1 aliphatic rings. The number of hydrogen-bond donors (Lipinski definition) is 0. The Bertz CT molecular complexity index is 671. The number of rotatable bonds is 2. The average Bonchev–Trinajstić information content (AvgIpc) is 3.07. The van der Waals surface area contributed by atoms with E-state index >= 15 is 0 Å². The molecule has 0 radical (unpaired) electrons. The lowest BCUT2D eigenvalue weighted by atomic mass is 10.1. The molecular weight excluding hydrogens is 255 g/mol. The lowest BCUT2D eigenvalue weighted by Gasteiger charge is -2.26. The SMILES string of the molecule is Cn1cc(C2CCCN2c2ccc(C#N)cc2F)cn1. The van der Waals surface area contributed by atoms with Gasteiger partial charge >= 0.3 is 0 Å². The Kier molecular flexibility index (Phi) is 3.15. The highest BCUT2D eigenvalue weighted by Crippen LogP contribution is 2.37. The maximum absolute atomic E-state index is 14.2. The lowest BCUT2D eigenvalue weighted by Crippen LogP contribution is -2.23. The van der Waals surface area contributed by atoms with Crippen LogP contribution in [-0.2, 0) is 7.05 Å². The summed E-state index contributed by atoms with van der Waals surface area (Å²) in [5.41, 5.74) is 2.02. The highest BCUT2D eigenvalue weighted by atomic mass is 19.1. The number of halogens is 1. The number of nitrogens with zero attached hydrogens (tertiary/aromatic N) is 4. The fraction of sp³-hybridized carbons (Fsp3) is 0.333. The minimum Gasteiger partial charge on any atom is -0.362 e. The van der Waals surface area contributed by atoms with Crippen molar-refractivity contribution in [3.8, 4) is 6.07 Å². The van der Waals surface area contributed by atoms with E-state index in [-0.39, 0.29) is 11.9 Å². The van der Waals surface area contributed by atoms with E-state index in [0.29, 0.717) is 11.3 Å². The molecule has 0 aliphatic carbocycles. The second-order valence-corrected chi connectivity index (χ2v) is 5.08. The van der Waals surface area contributed by atoms with Crippen LogP contribution >= 0.6 is 0 Å². The number of anilines is 1. The Morgan fingerprint density at radius 3 is 2.95 bits per heavy atom. The number of hydrogen-bond acceptors (Lipinski definition) is 3. The van der Waals surface area contributed by atoms with Gasteiger partial charge in [0.05, 0.1) is 29.6 Å². The fourth-order valence-corrected chi connectivity index (χ4v) is 2.82. The maximum Gasteiger partial charge on any atom is 0.147 e. The van der Waals surface area contributed by atoms with Crippen LogP contribution in [0.3, 0.4) is 0 Å². The van der Waals surface area contributed by atoms with Crippen molar-refractivity contribution in [3.63, 3.8) is 0 Å². The van der Waals surface area contributed by atoms with E-state index in [9.17, 15) is 4.39 Å². The van der Waals surface area contributed by atoms with Crippen molar-refractivity contribution in [2.24, 2.45) is 7.05 Å². The van der Waals surface area contributed by atoms with Crippen LogP contribution in [0.15, 0.2) is 30.6 Å². The van der Waals surface area contributed by atoms with Crippen LogP contribution in [0.2, 0.25) is 0 Å². The molecule has 1 unspecified atom stereocenters. The van der Waals surface area contributed by atoms with Gasteiger partial charge in [0.25, 0.3) is 0 Å². The largest absolute Gasteiger partial charge is 0.362 e. The van der Waals surface area contributed by atoms with E-state index in [0.717, 1.165) is 24.9 Å². The zero-order valence-electron chi connectivity index (χ0n) is 11.3. The van der Waals surface area contributed by atoms with Crippen molar-refractivity contribution in [3.05, 3.63) is 47.5 Å². The third-order valence-corrected chi connectivity index (χ3v) is 3.75. The van der Waals surface area contributed by atoms with Crippen LogP contribution in [0.5, 0.6) is 0 Å². The standard InChI is InChI=1S/C15H15FN4/c1-19-10-12(9-18-19)14-3-2-6-20(14)15-5-4-11(8-17)7-13(15)16/h4-5,7,9-10,14H,2-3,6H2,1H3. The highest BCUT2D eigenvalue weighted by Gasteiger charge is 2.28. The van der Waals surface area contributed by atoms with Gasteiger partial charge < -0.3 is 4.90 Å². The van der Waals surface area contributed by atoms with Gasteiger partial charge in [-0.15, -0.1) is 0 Å². The normalized spacial score (nSPS) is 18.2. The number of benzene rings is 1. The molecule has 2 aromatic rings. The van der Waals surface area contributed by atoms with E-state index in [1.165, 1.54) is 6.07 Å². The van der Waals surface area contributed by atoms with Crippen molar-refractivity contribution in [2.75, 3.05) is 11.4 Å². The van der Waals surface area contributed by atoms with Crippen molar-refractivity contribution in [1.29, 1.82) is 5.26 Å². The van der Waals surface area contributed by atoms with E-state index < -0.39 is 0 Å². The van der Waals surface area contributed by atoms with Crippen LogP contribution in [-0.4, -0.2) is 16.3 Å². The molecule has 0 amide bonds. The van der Waals surface area contributed by atoms with Crippen molar-refractivity contribution < 1.29 is 4.39 Å². The predicted octanol–water partition coefficient (Wildman–Crippen LogP) is 2.77. The minimum absolute atomic E-state index is 0.158. The zero-order chi connectivity index (χ0) is 14.1. The Morgan fingerprint density at radius 2 is 2.30 bits per heavy atom. The van der Waals surface area contributed by atoms with Gasteiger partial charge in [-0.05, 0) is 31.0 Å². The summed E-state index contributed by atoms with van der Waals surface area (Å²) in [7, 11) is 1.88. The Labute approximate surface area is 117 Å². The smallest absolute Gasteiger partial charge is 0.147 e. The Hall–Kier alpha value is -2.35. The number of aromatic nitrogens is 2.